The van der Waals surface area contributed by atoms with Crippen LogP contribution < -0.4 is 10.2 Å². The van der Waals surface area contributed by atoms with Crippen LogP contribution in [0.4, 0.5) is 0 Å². The number of nitrogens with one attached hydrogen (secondary N) is 1. The third-order valence-electron chi connectivity index (χ3n) is 5.61. The molecule has 9 heteroatoms. The van der Waals surface area contributed by atoms with E-state index in [4.69, 9.17) is 4.74 Å². The van der Waals surface area contributed by atoms with Gasteiger partial charge < -0.3 is 4.74 Å². The van der Waals surface area contributed by atoms with Crippen molar-refractivity contribution >= 4 is 39.8 Å². The van der Waals surface area contributed by atoms with Crippen LogP contribution in [0.25, 0.3) is 17.1 Å². The average molecular weight is 599 g/mol. The Hall–Kier alpha value is -4.21. The summed E-state index contributed by atoms with van der Waals surface area (Å²) in [5.41, 5.74) is 6.37. The number of carbonyl (C=O) groups excluding carboxylic acids is 1. The molecule has 0 aliphatic carbocycles. The molecule has 0 saturated carbocycles. The molecule has 0 atom stereocenters. The maximum Gasteiger partial charge on any atom is 0.250 e. The molecule has 0 saturated heterocycles. The fourth-order valence-corrected chi connectivity index (χ4v) is 4.70. The summed E-state index contributed by atoms with van der Waals surface area (Å²) in [6.45, 7) is 0.505. The summed E-state index contributed by atoms with van der Waals surface area (Å²) in [7, 11) is 0. The van der Waals surface area contributed by atoms with Crippen LogP contribution in [0.15, 0.2) is 124 Å². The third kappa shape index (κ3) is 7.22. The van der Waals surface area contributed by atoms with Crippen molar-refractivity contribution in [2.45, 2.75) is 11.8 Å². The number of hydrogen-bond donors (Lipinski definition) is 1. The lowest BCUT2D eigenvalue weighted by molar-refractivity contribution is -0.118. The van der Waals surface area contributed by atoms with E-state index in [2.05, 4.69) is 36.7 Å². The van der Waals surface area contributed by atoms with E-state index in [1.807, 2.05) is 114 Å². The number of hydrazone groups is 1. The van der Waals surface area contributed by atoms with Gasteiger partial charge in [-0.25, -0.2) is 5.43 Å². The van der Waals surface area contributed by atoms with E-state index in [1.165, 1.54) is 11.8 Å². The van der Waals surface area contributed by atoms with Crippen molar-refractivity contribution in [2.75, 3.05) is 5.75 Å². The first-order valence-corrected chi connectivity index (χ1v) is 13.9. The van der Waals surface area contributed by atoms with Gasteiger partial charge in [0.05, 0.1) is 12.0 Å². The van der Waals surface area contributed by atoms with Crippen LogP contribution in [-0.2, 0) is 11.4 Å². The maximum absolute atomic E-state index is 12.5. The largest absolute Gasteiger partial charge is 0.489 e. The number of halogens is 1. The standard InChI is InChI=1S/C30H24BrN5O2S/c31-25-15-13-24(14-16-25)29-34-35-30(36(29)26-9-5-2-6-10-26)39-21-28(37)33-32-19-22-11-17-27(18-12-22)38-20-23-7-3-1-4-8-23/h1-19H,20-21H2,(H,33,37)/b32-19+. The van der Waals surface area contributed by atoms with Crippen LogP contribution in [-0.4, -0.2) is 32.6 Å². The monoisotopic (exact) mass is 597 g/mol. The maximum atomic E-state index is 12.5. The number of nitrogens with zero attached hydrogens (tertiary/aromatic N) is 4. The van der Waals surface area contributed by atoms with Crippen molar-refractivity contribution in [1.82, 2.24) is 20.2 Å². The molecule has 1 aromatic heterocycles. The average Bonchev–Trinajstić information content (AvgIpc) is 3.41. The minimum absolute atomic E-state index is 0.134. The Morgan fingerprint density at radius 2 is 1.59 bits per heavy atom. The van der Waals surface area contributed by atoms with Gasteiger partial charge in [-0.15, -0.1) is 10.2 Å². The molecule has 0 radical (unpaired) electrons. The fourth-order valence-electron chi connectivity index (χ4n) is 3.69. The number of thioether (sulfide) groups is 1. The zero-order valence-electron chi connectivity index (χ0n) is 20.8. The van der Waals surface area contributed by atoms with Crippen molar-refractivity contribution < 1.29 is 9.53 Å². The van der Waals surface area contributed by atoms with E-state index in [-0.39, 0.29) is 11.7 Å². The molecule has 5 rings (SSSR count). The smallest absolute Gasteiger partial charge is 0.250 e. The second kappa shape index (κ2) is 13.0. The van der Waals surface area contributed by atoms with Gasteiger partial charge in [-0.2, -0.15) is 5.10 Å². The van der Waals surface area contributed by atoms with Crippen molar-refractivity contribution in [3.05, 3.63) is 125 Å². The van der Waals surface area contributed by atoms with E-state index in [9.17, 15) is 4.79 Å². The molecule has 39 heavy (non-hydrogen) atoms. The molecular formula is C30H24BrN5O2S. The van der Waals surface area contributed by atoms with Gasteiger partial charge in [0.2, 0.25) is 0 Å². The Morgan fingerprint density at radius 1 is 0.897 bits per heavy atom. The van der Waals surface area contributed by atoms with Gasteiger partial charge >= 0.3 is 0 Å². The molecule has 4 aromatic carbocycles. The third-order valence-corrected chi connectivity index (χ3v) is 7.07. The highest BCUT2D eigenvalue weighted by Crippen LogP contribution is 2.28. The summed E-state index contributed by atoms with van der Waals surface area (Å²) in [6.07, 6.45) is 1.60. The molecule has 0 aliphatic heterocycles. The Morgan fingerprint density at radius 3 is 2.31 bits per heavy atom. The summed E-state index contributed by atoms with van der Waals surface area (Å²) >= 11 is 4.77. The van der Waals surface area contributed by atoms with Crippen molar-refractivity contribution in [3.63, 3.8) is 0 Å². The molecule has 0 spiro atoms. The van der Waals surface area contributed by atoms with Gasteiger partial charge in [0, 0.05) is 15.7 Å². The minimum atomic E-state index is -0.244. The molecule has 0 aliphatic rings. The van der Waals surface area contributed by atoms with E-state index >= 15 is 0 Å². The lowest BCUT2D eigenvalue weighted by atomic mass is 10.2. The summed E-state index contributed by atoms with van der Waals surface area (Å²) in [4.78, 5) is 12.5. The second-order valence-electron chi connectivity index (χ2n) is 8.41. The van der Waals surface area contributed by atoms with Crippen LogP contribution in [0.3, 0.4) is 0 Å². The number of carbonyl (C=O) groups is 1. The molecule has 0 unspecified atom stereocenters. The first kappa shape index (κ1) is 26.4. The number of hydrogen-bond acceptors (Lipinski definition) is 6. The van der Waals surface area contributed by atoms with Gasteiger partial charge in [0.1, 0.15) is 12.4 Å². The molecular weight excluding hydrogens is 574 g/mol. The number of benzene rings is 4. The topological polar surface area (TPSA) is 81.4 Å². The van der Waals surface area contributed by atoms with Crippen LogP contribution in [0, 0.1) is 0 Å². The predicted molar refractivity (Wildman–Crippen MR) is 158 cm³/mol. The van der Waals surface area contributed by atoms with E-state index < -0.39 is 0 Å². The molecule has 0 fully saturated rings. The Bertz CT molecular complexity index is 1540. The summed E-state index contributed by atoms with van der Waals surface area (Å²) < 4.78 is 8.74. The number of amides is 1. The number of rotatable bonds is 10. The summed E-state index contributed by atoms with van der Waals surface area (Å²) in [6, 6.07) is 35.2. The molecule has 5 aromatic rings. The van der Waals surface area contributed by atoms with E-state index in [1.54, 1.807) is 6.21 Å². The van der Waals surface area contributed by atoms with Gasteiger partial charge in [-0.05, 0) is 59.7 Å². The lowest BCUT2D eigenvalue weighted by Gasteiger charge is -2.10. The molecule has 1 amide bonds. The van der Waals surface area contributed by atoms with Gasteiger partial charge in [-0.1, -0.05) is 88.4 Å². The predicted octanol–water partition coefficient (Wildman–Crippen LogP) is 6.52. The first-order valence-electron chi connectivity index (χ1n) is 12.1. The Kier molecular flexibility index (Phi) is 8.82. The molecule has 1 N–H and O–H groups in total. The minimum Gasteiger partial charge on any atom is -0.489 e. The zero-order chi connectivity index (χ0) is 26.9. The van der Waals surface area contributed by atoms with Gasteiger partial charge in [-0.3, -0.25) is 9.36 Å². The van der Waals surface area contributed by atoms with Crippen LogP contribution in [0.1, 0.15) is 11.1 Å². The Labute approximate surface area is 239 Å². The van der Waals surface area contributed by atoms with Gasteiger partial charge in [0.15, 0.2) is 11.0 Å². The summed E-state index contributed by atoms with van der Waals surface area (Å²) in [5.74, 6) is 1.36. The zero-order valence-corrected chi connectivity index (χ0v) is 23.2. The van der Waals surface area contributed by atoms with Crippen LogP contribution in [0.2, 0.25) is 0 Å². The molecule has 1 heterocycles. The van der Waals surface area contributed by atoms with Gasteiger partial charge in [0.25, 0.3) is 5.91 Å². The number of aromatic nitrogens is 3. The second-order valence-corrected chi connectivity index (χ2v) is 10.3. The first-order chi connectivity index (χ1) is 19.2. The molecule has 0 bridgehead atoms. The molecule has 194 valence electrons. The quantitative estimate of drug-likeness (QED) is 0.113. The van der Waals surface area contributed by atoms with Crippen LogP contribution >= 0.6 is 27.7 Å². The summed E-state index contributed by atoms with van der Waals surface area (Å²) in [5, 5.41) is 13.5. The lowest BCUT2D eigenvalue weighted by Crippen LogP contribution is -2.20. The highest BCUT2D eigenvalue weighted by molar-refractivity contribution is 9.10. The van der Waals surface area contributed by atoms with E-state index in [0.29, 0.717) is 17.6 Å². The Balaban J connectivity index is 1.18. The van der Waals surface area contributed by atoms with Crippen molar-refractivity contribution in [1.29, 1.82) is 0 Å². The number of para-hydroxylation sites is 1. The van der Waals surface area contributed by atoms with Crippen molar-refractivity contribution in [2.24, 2.45) is 5.10 Å². The normalized spacial score (nSPS) is 11.0. The molecule has 7 nitrogen and oxygen atoms in total. The van der Waals surface area contributed by atoms with E-state index in [0.717, 1.165) is 32.6 Å². The highest BCUT2D eigenvalue weighted by atomic mass is 79.9. The fraction of sp³-hybridized carbons (Fsp3) is 0.0667. The van der Waals surface area contributed by atoms with Crippen LogP contribution in [0.5, 0.6) is 5.75 Å². The number of ether oxygens (including phenoxy) is 1. The SMILES string of the molecule is O=C(CSc1nnc(-c2ccc(Br)cc2)n1-c1ccccc1)N/N=C/c1ccc(OCc2ccccc2)cc1. The van der Waals surface area contributed by atoms with Crippen molar-refractivity contribution in [3.8, 4) is 22.8 Å². The highest BCUT2D eigenvalue weighted by Gasteiger charge is 2.17.